The van der Waals surface area contributed by atoms with E-state index in [1.165, 1.54) is 0 Å². The van der Waals surface area contributed by atoms with Gasteiger partial charge in [0.1, 0.15) is 18.1 Å². The number of aromatic nitrogens is 2. The molecule has 1 amide bonds. The van der Waals surface area contributed by atoms with E-state index in [1.807, 2.05) is 60.9 Å². The van der Waals surface area contributed by atoms with Gasteiger partial charge in [0.25, 0.3) is 0 Å². The molecule has 34 heavy (non-hydrogen) atoms. The van der Waals surface area contributed by atoms with Crippen molar-refractivity contribution in [1.29, 1.82) is 0 Å². The molecule has 0 aliphatic carbocycles. The first-order valence-corrected chi connectivity index (χ1v) is 12.3. The van der Waals surface area contributed by atoms with Gasteiger partial charge in [-0.3, -0.25) is 4.79 Å². The number of likely N-dealkylation sites (tertiary alicyclic amines) is 1. The molecule has 8 heteroatoms. The van der Waals surface area contributed by atoms with Gasteiger partial charge < -0.3 is 24.3 Å². The number of carbonyl (C=O) groups is 1. The number of halogens is 1. The Balaban J connectivity index is 1.29. The van der Waals surface area contributed by atoms with Crippen LogP contribution in [0.5, 0.6) is 5.75 Å². The van der Waals surface area contributed by atoms with E-state index < -0.39 is 0 Å². The minimum absolute atomic E-state index is 0.0563. The van der Waals surface area contributed by atoms with E-state index >= 15 is 0 Å². The molecule has 5 rings (SSSR count). The van der Waals surface area contributed by atoms with Gasteiger partial charge in [-0.25, -0.2) is 4.98 Å². The molecular weight excluding hydrogens is 452 g/mol. The van der Waals surface area contributed by atoms with Crippen LogP contribution in [0.1, 0.15) is 20.3 Å². The van der Waals surface area contributed by atoms with Gasteiger partial charge in [-0.1, -0.05) is 23.7 Å². The number of hydrogen-bond donors (Lipinski definition) is 1. The number of benzene rings is 2. The number of nitrogens with one attached hydrogen (secondary N) is 1. The van der Waals surface area contributed by atoms with Crippen LogP contribution in [0.25, 0.3) is 22.4 Å². The van der Waals surface area contributed by atoms with Gasteiger partial charge in [0, 0.05) is 47.7 Å². The van der Waals surface area contributed by atoms with E-state index in [9.17, 15) is 4.79 Å². The monoisotopic (exact) mass is 482 g/mol. The maximum atomic E-state index is 12.6. The number of ether oxygens (including phenoxy) is 2. The van der Waals surface area contributed by atoms with Gasteiger partial charge in [0.2, 0.25) is 5.91 Å². The van der Waals surface area contributed by atoms with E-state index in [-0.39, 0.29) is 18.5 Å². The summed E-state index contributed by atoms with van der Waals surface area (Å²) < 4.78 is 13.3. The molecule has 7 nitrogen and oxygen atoms in total. The maximum absolute atomic E-state index is 12.6. The highest BCUT2D eigenvalue weighted by atomic mass is 35.5. The van der Waals surface area contributed by atoms with Crippen molar-refractivity contribution < 1.29 is 14.3 Å². The molecule has 2 saturated heterocycles. The lowest BCUT2D eigenvalue weighted by Crippen LogP contribution is -2.65. The summed E-state index contributed by atoms with van der Waals surface area (Å²) in [6, 6.07) is 13.5. The van der Waals surface area contributed by atoms with Crippen molar-refractivity contribution >= 4 is 28.5 Å². The largest absolute Gasteiger partial charge is 0.493 e. The number of imidazole rings is 1. The van der Waals surface area contributed by atoms with Gasteiger partial charge in [-0.2, -0.15) is 0 Å². The first kappa shape index (κ1) is 23.1. The summed E-state index contributed by atoms with van der Waals surface area (Å²) in [6.45, 7) is 9.91. The fourth-order valence-electron chi connectivity index (χ4n) is 4.83. The third-order valence-electron chi connectivity index (χ3n) is 6.38. The summed E-state index contributed by atoms with van der Waals surface area (Å²) in [5, 5.41) is 3.59. The number of rotatable bonds is 9. The van der Waals surface area contributed by atoms with Crippen molar-refractivity contribution in [1.82, 2.24) is 19.8 Å². The van der Waals surface area contributed by atoms with Gasteiger partial charge in [0.05, 0.1) is 30.9 Å². The zero-order valence-electron chi connectivity index (χ0n) is 19.7. The van der Waals surface area contributed by atoms with Gasteiger partial charge >= 0.3 is 0 Å². The van der Waals surface area contributed by atoms with Gasteiger partial charge in [-0.15, -0.1) is 0 Å². The first-order valence-electron chi connectivity index (χ1n) is 11.9. The lowest BCUT2D eigenvalue weighted by molar-refractivity contribution is -0.189. The Kier molecular flexibility index (Phi) is 6.51. The second-order valence-corrected chi connectivity index (χ2v) is 10.2. The van der Waals surface area contributed by atoms with E-state index in [0.29, 0.717) is 22.9 Å². The molecule has 2 aromatic carbocycles. The number of amides is 1. The lowest BCUT2D eigenvalue weighted by Gasteiger charge is -2.55. The highest BCUT2D eigenvalue weighted by Crippen LogP contribution is 2.37. The summed E-state index contributed by atoms with van der Waals surface area (Å²) in [5.74, 6) is 1.44. The first-order chi connectivity index (χ1) is 16.4. The van der Waals surface area contributed by atoms with Crippen molar-refractivity contribution in [2.75, 3.05) is 39.5 Å². The second-order valence-electron chi connectivity index (χ2n) is 9.81. The molecule has 180 valence electrons. The highest BCUT2D eigenvalue weighted by Gasteiger charge is 2.48. The summed E-state index contributed by atoms with van der Waals surface area (Å²) in [5.41, 5.74) is 3.00. The van der Waals surface area contributed by atoms with E-state index in [4.69, 9.17) is 26.1 Å². The third kappa shape index (κ3) is 4.92. The molecule has 0 bridgehead atoms. The molecule has 3 heterocycles. The van der Waals surface area contributed by atoms with Crippen LogP contribution in [0.15, 0.2) is 42.5 Å². The van der Waals surface area contributed by atoms with Crippen LogP contribution in [0.3, 0.4) is 0 Å². The molecule has 1 aromatic heterocycles. The van der Waals surface area contributed by atoms with E-state index in [0.717, 1.165) is 61.6 Å². The number of hydrogen-bond acceptors (Lipinski definition) is 5. The smallest absolute Gasteiger partial charge is 0.240 e. The summed E-state index contributed by atoms with van der Waals surface area (Å²) >= 11 is 6.23. The van der Waals surface area contributed by atoms with Crippen molar-refractivity contribution in [2.45, 2.75) is 32.9 Å². The molecular formula is C26H31ClN4O3. The average Bonchev–Trinajstić information content (AvgIpc) is 3.08. The predicted molar refractivity (Wildman–Crippen MR) is 133 cm³/mol. The quantitative estimate of drug-likeness (QED) is 0.467. The van der Waals surface area contributed by atoms with Crippen molar-refractivity contribution in [2.24, 2.45) is 5.41 Å². The minimum Gasteiger partial charge on any atom is -0.493 e. The molecule has 2 aliphatic heterocycles. The third-order valence-corrected chi connectivity index (χ3v) is 6.61. The molecule has 1 N–H and O–H groups in total. The van der Waals surface area contributed by atoms with Crippen LogP contribution < -0.4 is 10.1 Å². The predicted octanol–water partition coefficient (Wildman–Crippen LogP) is 3.98. The maximum Gasteiger partial charge on any atom is 0.240 e. The number of carbonyl (C=O) groups excluding carboxylic acids is 1. The fraction of sp³-hybridized carbons (Fsp3) is 0.462. The Bertz CT molecular complexity index is 1180. The molecule has 2 aliphatic rings. The molecule has 3 aromatic rings. The van der Waals surface area contributed by atoms with Crippen molar-refractivity contribution in [3.8, 4) is 17.1 Å². The van der Waals surface area contributed by atoms with Crippen LogP contribution in [-0.4, -0.2) is 65.9 Å². The summed E-state index contributed by atoms with van der Waals surface area (Å²) in [6.07, 6.45) is 0.979. The topological polar surface area (TPSA) is 68.6 Å². The molecule has 2 fully saturated rings. The van der Waals surface area contributed by atoms with Crippen LogP contribution in [0, 0.1) is 5.41 Å². The summed E-state index contributed by atoms with van der Waals surface area (Å²) in [7, 11) is 0. The minimum atomic E-state index is -0.0563. The lowest BCUT2D eigenvalue weighted by atomic mass is 9.78. The zero-order valence-corrected chi connectivity index (χ0v) is 20.5. The molecule has 0 unspecified atom stereocenters. The van der Waals surface area contributed by atoms with E-state index in [1.54, 1.807) is 0 Å². The van der Waals surface area contributed by atoms with E-state index in [2.05, 4.69) is 10.2 Å². The fourth-order valence-corrected chi connectivity index (χ4v) is 5.02. The SMILES string of the molecule is CC(C)NC(=O)Cn1c(-c2cccc(Cl)c2)nc2cc(OCCCN3CC4(COC4)C3)ccc21. The molecule has 1 spiro atoms. The van der Waals surface area contributed by atoms with Crippen LogP contribution in [0.2, 0.25) is 5.02 Å². The second kappa shape index (κ2) is 9.56. The molecule has 0 atom stereocenters. The Morgan fingerprint density at radius 3 is 2.76 bits per heavy atom. The molecule has 0 radical (unpaired) electrons. The van der Waals surface area contributed by atoms with Crippen molar-refractivity contribution in [3.63, 3.8) is 0 Å². The summed E-state index contributed by atoms with van der Waals surface area (Å²) in [4.78, 5) is 19.9. The number of fused-ring (bicyclic) bond motifs is 1. The highest BCUT2D eigenvalue weighted by molar-refractivity contribution is 6.30. The average molecular weight is 483 g/mol. The normalized spacial score (nSPS) is 17.1. The Morgan fingerprint density at radius 1 is 1.24 bits per heavy atom. The Morgan fingerprint density at radius 2 is 2.06 bits per heavy atom. The van der Waals surface area contributed by atoms with Crippen LogP contribution >= 0.6 is 11.6 Å². The number of nitrogens with zero attached hydrogens (tertiary/aromatic N) is 3. The van der Waals surface area contributed by atoms with Crippen molar-refractivity contribution in [3.05, 3.63) is 47.5 Å². The Labute approximate surface area is 205 Å². The van der Waals surface area contributed by atoms with Gasteiger partial charge in [0.15, 0.2) is 0 Å². The van der Waals surface area contributed by atoms with Crippen LogP contribution in [-0.2, 0) is 16.1 Å². The Hall–Kier alpha value is -2.61. The van der Waals surface area contributed by atoms with Gasteiger partial charge in [-0.05, 0) is 44.5 Å². The standard InChI is InChI=1S/C26H31ClN4O3/c1-18(2)28-24(32)13-31-23-8-7-21(34-10-4-9-30-14-26(15-30)16-33-17-26)12-22(23)29-25(31)19-5-3-6-20(27)11-19/h3,5-8,11-12,18H,4,9-10,13-17H2,1-2H3,(H,28,32). The van der Waals surface area contributed by atoms with Crippen LogP contribution in [0.4, 0.5) is 0 Å². The zero-order chi connectivity index (χ0) is 23.7. The molecule has 0 saturated carbocycles.